The van der Waals surface area contributed by atoms with Gasteiger partial charge in [-0.25, -0.2) is 4.98 Å². The molecule has 0 radical (unpaired) electrons. The van der Waals surface area contributed by atoms with Crippen molar-refractivity contribution >= 4 is 0 Å². The third-order valence-electron chi connectivity index (χ3n) is 4.05. The fraction of sp³-hybridized carbons (Fsp3) is 0.615. The summed E-state index contributed by atoms with van der Waals surface area (Å²) in [6, 6.07) is 1.20. The number of nitrogens with zero attached hydrogens (tertiary/aromatic N) is 1. The van der Waals surface area contributed by atoms with Gasteiger partial charge in [-0.15, -0.1) is 0 Å². The Bertz CT molecular complexity index is 571. The summed E-state index contributed by atoms with van der Waals surface area (Å²) >= 11 is 0. The summed E-state index contributed by atoms with van der Waals surface area (Å²) in [7, 11) is 0. The van der Waals surface area contributed by atoms with Crippen molar-refractivity contribution < 1.29 is 31.1 Å². The molecule has 2 heterocycles. The number of pyridine rings is 1. The van der Waals surface area contributed by atoms with Crippen LogP contribution >= 0.6 is 0 Å². The van der Waals surface area contributed by atoms with Crippen molar-refractivity contribution in [3.8, 4) is 5.88 Å². The monoisotopic (exact) mass is 326 g/mol. The summed E-state index contributed by atoms with van der Waals surface area (Å²) in [5.74, 6) is -0.424. The summed E-state index contributed by atoms with van der Waals surface area (Å²) in [4.78, 5) is 3.04. The molecule has 2 fully saturated rings. The fourth-order valence-corrected chi connectivity index (χ4v) is 2.88. The first kappa shape index (κ1) is 15.4. The summed E-state index contributed by atoms with van der Waals surface area (Å²) in [5, 5.41) is 3.10. The fourth-order valence-electron chi connectivity index (χ4n) is 2.88. The predicted molar refractivity (Wildman–Crippen MR) is 63.2 cm³/mol. The molecule has 1 spiro atoms. The molecule has 1 saturated heterocycles. The maximum absolute atomic E-state index is 12.8. The molecular weight excluding hydrogens is 314 g/mol. The van der Waals surface area contributed by atoms with Crippen LogP contribution in [0.5, 0.6) is 5.88 Å². The Morgan fingerprint density at radius 2 is 1.68 bits per heavy atom. The van der Waals surface area contributed by atoms with E-state index in [1.807, 2.05) is 0 Å². The van der Waals surface area contributed by atoms with Gasteiger partial charge in [0.05, 0.1) is 5.56 Å². The van der Waals surface area contributed by atoms with Gasteiger partial charge in [0.2, 0.25) is 5.88 Å². The molecule has 1 aliphatic heterocycles. The standard InChI is InChI=1S/C13H12F6N2O/c14-12(15,16)8-1-2-9(21-10(8)13(17,18)19)22-7-3-11(4-7)5-20-6-11/h1-2,7,20H,3-6H2. The van der Waals surface area contributed by atoms with Gasteiger partial charge < -0.3 is 10.1 Å². The average Bonchev–Trinajstić information content (AvgIpc) is 2.28. The van der Waals surface area contributed by atoms with Crippen LogP contribution in [0.15, 0.2) is 12.1 Å². The normalized spacial score (nSPS) is 21.4. The summed E-state index contributed by atoms with van der Waals surface area (Å²) in [5.41, 5.74) is -3.62. The number of nitrogens with one attached hydrogen (secondary N) is 1. The first-order valence-electron chi connectivity index (χ1n) is 6.62. The second-order valence-corrected chi connectivity index (χ2v) is 5.79. The molecule has 9 heteroatoms. The van der Waals surface area contributed by atoms with Gasteiger partial charge in [0.1, 0.15) is 6.10 Å². The first-order valence-corrected chi connectivity index (χ1v) is 6.62. The number of alkyl halides is 6. The van der Waals surface area contributed by atoms with Crippen molar-refractivity contribution in [3.05, 3.63) is 23.4 Å². The van der Waals surface area contributed by atoms with E-state index in [1.54, 1.807) is 0 Å². The van der Waals surface area contributed by atoms with Crippen molar-refractivity contribution in [2.75, 3.05) is 13.1 Å². The van der Waals surface area contributed by atoms with Gasteiger partial charge in [0, 0.05) is 24.6 Å². The molecule has 0 aromatic carbocycles. The minimum absolute atomic E-state index is 0.142. The number of hydrogen-bond acceptors (Lipinski definition) is 3. The summed E-state index contributed by atoms with van der Waals surface area (Å²) < 4.78 is 81.4. The smallest absolute Gasteiger partial charge is 0.434 e. The van der Waals surface area contributed by atoms with Gasteiger partial charge in [0.25, 0.3) is 0 Å². The second kappa shape index (κ2) is 4.74. The number of halogens is 6. The zero-order valence-corrected chi connectivity index (χ0v) is 11.2. The Balaban J connectivity index is 1.78. The quantitative estimate of drug-likeness (QED) is 0.847. The molecule has 1 aliphatic carbocycles. The van der Waals surface area contributed by atoms with Gasteiger partial charge in [-0.1, -0.05) is 0 Å². The molecule has 3 rings (SSSR count). The molecule has 22 heavy (non-hydrogen) atoms. The lowest BCUT2D eigenvalue weighted by molar-refractivity contribution is -0.165. The maximum atomic E-state index is 12.8. The molecular formula is C13H12F6N2O. The van der Waals surface area contributed by atoms with E-state index in [9.17, 15) is 26.3 Å². The van der Waals surface area contributed by atoms with Crippen molar-refractivity contribution in [1.82, 2.24) is 10.3 Å². The molecule has 0 atom stereocenters. The third-order valence-corrected chi connectivity index (χ3v) is 4.05. The van der Waals surface area contributed by atoms with Crippen LogP contribution in [0.4, 0.5) is 26.3 Å². The Hall–Kier alpha value is -1.51. The van der Waals surface area contributed by atoms with Crippen LogP contribution in [0, 0.1) is 5.41 Å². The first-order chi connectivity index (χ1) is 10.1. The van der Waals surface area contributed by atoms with Gasteiger partial charge in [0.15, 0.2) is 5.69 Å². The lowest BCUT2D eigenvalue weighted by atomic mass is 9.63. The van der Waals surface area contributed by atoms with Crippen molar-refractivity contribution in [3.63, 3.8) is 0 Å². The Labute approximate surface area is 121 Å². The lowest BCUT2D eigenvalue weighted by Crippen LogP contribution is -2.62. The van der Waals surface area contributed by atoms with E-state index in [0.29, 0.717) is 18.9 Å². The topological polar surface area (TPSA) is 34.1 Å². The minimum Gasteiger partial charge on any atom is -0.474 e. The molecule has 122 valence electrons. The van der Waals surface area contributed by atoms with E-state index in [-0.39, 0.29) is 11.5 Å². The third kappa shape index (κ3) is 2.73. The van der Waals surface area contributed by atoms with Crippen LogP contribution in [0.1, 0.15) is 24.1 Å². The highest BCUT2D eigenvalue weighted by atomic mass is 19.4. The number of rotatable bonds is 2. The van der Waals surface area contributed by atoms with E-state index >= 15 is 0 Å². The van der Waals surface area contributed by atoms with Crippen LogP contribution in [-0.2, 0) is 12.4 Å². The molecule has 0 amide bonds. The van der Waals surface area contributed by atoms with E-state index in [1.165, 1.54) is 0 Å². The highest BCUT2D eigenvalue weighted by Crippen LogP contribution is 2.46. The van der Waals surface area contributed by atoms with E-state index in [2.05, 4.69) is 10.3 Å². The van der Waals surface area contributed by atoms with Crippen molar-refractivity contribution in [2.24, 2.45) is 5.41 Å². The van der Waals surface area contributed by atoms with E-state index < -0.39 is 29.5 Å². The van der Waals surface area contributed by atoms with Crippen LogP contribution in [0.3, 0.4) is 0 Å². The summed E-state index contributed by atoms with van der Waals surface area (Å²) in [6.45, 7) is 1.67. The van der Waals surface area contributed by atoms with Gasteiger partial charge in [-0.3, -0.25) is 0 Å². The second-order valence-electron chi connectivity index (χ2n) is 5.79. The van der Waals surface area contributed by atoms with Gasteiger partial charge >= 0.3 is 12.4 Å². The van der Waals surface area contributed by atoms with Crippen LogP contribution in [0.25, 0.3) is 0 Å². The van der Waals surface area contributed by atoms with Crippen LogP contribution < -0.4 is 10.1 Å². The van der Waals surface area contributed by atoms with Crippen LogP contribution in [0.2, 0.25) is 0 Å². The lowest BCUT2D eigenvalue weighted by Gasteiger charge is -2.53. The highest BCUT2D eigenvalue weighted by Gasteiger charge is 2.50. The Kier molecular flexibility index (Phi) is 3.32. The number of ether oxygens (including phenoxy) is 1. The molecule has 1 saturated carbocycles. The minimum atomic E-state index is -5.19. The average molecular weight is 326 g/mol. The molecule has 1 aromatic heterocycles. The van der Waals surface area contributed by atoms with Crippen molar-refractivity contribution in [2.45, 2.75) is 31.3 Å². The van der Waals surface area contributed by atoms with E-state index in [4.69, 9.17) is 4.74 Å². The largest absolute Gasteiger partial charge is 0.474 e. The highest BCUT2D eigenvalue weighted by molar-refractivity contribution is 5.30. The number of hydrogen-bond donors (Lipinski definition) is 1. The van der Waals surface area contributed by atoms with Crippen LogP contribution in [-0.4, -0.2) is 24.2 Å². The zero-order valence-electron chi connectivity index (χ0n) is 11.2. The molecule has 3 nitrogen and oxygen atoms in total. The SMILES string of the molecule is FC(F)(F)c1ccc(OC2CC3(CNC3)C2)nc1C(F)(F)F. The molecule has 2 aliphatic rings. The van der Waals surface area contributed by atoms with E-state index in [0.717, 1.165) is 19.2 Å². The molecule has 1 aromatic rings. The Morgan fingerprint density at radius 3 is 2.14 bits per heavy atom. The van der Waals surface area contributed by atoms with Gasteiger partial charge in [-0.05, 0) is 18.9 Å². The Morgan fingerprint density at radius 1 is 1.05 bits per heavy atom. The molecule has 0 unspecified atom stereocenters. The van der Waals surface area contributed by atoms with Crippen molar-refractivity contribution in [1.29, 1.82) is 0 Å². The molecule has 1 N–H and O–H groups in total. The summed E-state index contributed by atoms with van der Waals surface area (Å²) in [6.07, 6.45) is -9.27. The van der Waals surface area contributed by atoms with Gasteiger partial charge in [-0.2, -0.15) is 26.3 Å². The zero-order chi connectivity index (χ0) is 16.2. The molecule has 0 bridgehead atoms. The number of aromatic nitrogens is 1. The maximum Gasteiger partial charge on any atom is 0.434 e. The predicted octanol–water partition coefficient (Wildman–Crippen LogP) is 3.25.